The Morgan fingerprint density at radius 3 is 2.71 bits per heavy atom. The fourth-order valence-corrected chi connectivity index (χ4v) is 1.31. The monoisotopic (exact) mass is 240 g/mol. The summed E-state index contributed by atoms with van der Waals surface area (Å²) in [4.78, 5) is 26.3. The molecule has 0 radical (unpaired) electrons. The maximum Gasteiger partial charge on any atom is 0.326 e. The molecule has 1 heterocycles. The first-order chi connectivity index (χ1) is 8.08. The third-order valence-electron chi connectivity index (χ3n) is 2.23. The SMILES string of the molecule is CCCc1nc(C(=O)N[C@H](CC)C(=O)O)n[nH]1. The van der Waals surface area contributed by atoms with E-state index in [1.807, 2.05) is 6.92 Å². The van der Waals surface area contributed by atoms with Gasteiger partial charge in [-0.2, -0.15) is 0 Å². The number of rotatable bonds is 6. The predicted molar refractivity (Wildman–Crippen MR) is 59.6 cm³/mol. The van der Waals surface area contributed by atoms with Gasteiger partial charge < -0.3 is 10.4 Å². The van der Waals surface area contributed by atoms with E-state index in [0.717, 1.165) is 6.42 Å². The first-order valence-corrected chi connectivity index (χ1v) is 5.53. The van der Waals surface area contributed by atoms with E-state index < -0.39 is 17.9 Å². The Hall–Kier alpha value is -1.92. The number of carbonyl (C=O) groups is 2. The number of hydrogen-bond acceptors (Lipinski definition) is 4. The molecule has 1 atom stereocenters. The summed E-state index contributed by atoms with van der Waals surface area (Å²) in [6.07, 6.45) is 1.91. The highest BCUT2D eigenvalue weighted by molar-refractivity contribution is 5.93. The summed E-state index contributed by atoms with van der Waals surface area (Å²) in [6.45, 7) is 3.67. The second-order valence-electron chi connectivity index (χ2n) is 3.63. The lowest BCUT2D eigenvalue weighted by atomic mass is 10.2. The van der Waals surface area contributed by atoms with Crippen molar-refractivity contribution in [3.8, 4) is 0 Å². The van der Waals surface area contributed by atoms with Crippen molar-refractivity contribution < 1.29 is 14.7 Å². The second-order valence-corrected chi connectivity index (χ2v) is 3.63. The number of carboxylic acid groups (broad SMARTS) is 1. The lowest BCUT2D eigenvalue weighted by molar-refractivity contribution is -0.139. The third kappa shape index (κ3) is 3.54. The molecule has 0 spiro atoms. The minimum Gasteiger partial charge on any atom is -0.480 e. The third-order valence-corrected chi connectivity index (χ3v) is 2.23. The summed E-state index contributed by atoms with van der Waals surface area (Å²) in [7, 11) is 0. The maximum atomic E-state index is 11.6. The van der Waals surface area contributed by atoms with Crippen molar-refractivity contribution in [1.29, 1.82) is 0 Å². The van der Waals surface area contributed by atoms with Crippen LogP contribution in [-0.4, -0.2) is 38.2 Å². The van der Waals surface area contributed by atoms with E-state index in [2.05, 4.69) is 20.5 Å². The quantitative estimate of drug-likeness (QED) is 0.665. The molecule has 0 saturated carbocycles. The van der Waals surface area contributed by atoms with Crippen molar-refractivity contribution in [2.75, 3.05) is 0 Å². The minimum atomic E-state index is -1.06. The summed E-state index contributed by atoms with van der Waals surface area (Å²) in [5.74, 6) is -1.03. The zero-order valence-electron chi connectivity index (χ0n) is 9.86. The number of aromatic amines is 1. The molecule has 94 valence electrons. The van der Waals surface area contributed by atoms with Gasteiger partial charge in [-0.1, -0.05) is 13.8 Å². The van der Waals surface area contributed by atoms with Crippen LogP contribution in [0.3, 0.4) is 0 Å². The fraction of sp³-hybridized carbons (Fsp3) is 0.600. The Bertz CT molecular complexity index is 402. The highest BCUT2D eigenvalue weighted by Gasteiger charge is 2.20. The Morgan fingerprint density at radius 1 is 1.47 bits per heavy atom. The van der Waals surface area contributed by atoms with Gasteiger partial charge in [0.1, 0.15) is 11.9 Å². The smallest absolute Gasteiger partial charge is 0.326 e. The molecule has 1 aromatic heterocycles. The highest BCUT2D eigenvalue weighted by atomic mass is 16.4. The zero-order chi connectivity index (χ0) is 12.8. The van der Waals surface area contributed by atoms with Gasteiger partial charge in [-0.15, -0.1) is 5.10 Å². The molecule has 3 N–H and O–H groups in total. The van der Waals surface area contributed by atoms with Gasteiger partial charge in [0.25, 0.3) is 5.91 Å². The Morgan fingerprint density at radius 2 is 2.18 bits per heavy atom. The van der Waals surface area contributed by atoms with Crippen molar-refractivity contribution in [2.45, 2.75) is 39.2 Å². The van der Waals surface area contributed by atoms with Gasteiger partial charge in [-0.05, 0) is 12.8 Å². The Kier molecular flexibility index (Phi) is 4.62. The number of carbonyl (C=O) groups excluding carboxylic acids is 1. The highest BCUT2D eigenvalue weighted by Crippen LogP contribution is 1.98. The lowest BCUT2D eigenvalue weighted by Gasteiger charge is -2.09. The molecule has 17 heavy (non-hydrogen) atoms. The first kappa shape index (κ1) is 13.1. The molecule has 0 fully saturated rings. The molecule has 0 bridgehead atoms. The van der Waals surface area contributed by atoms with Gasteiger partial charge in [-0.3, -0.25) is 9.89 Å². The number of nitrogens with one attached hydrogen (secondary N) is 2. The van der Waals surface area contributed by atoms with Crippen LogP contribution in [0, 0.1) is 0 Å². The number of aliphatic carboxylic acids is 1. The van der Waals surface area contributed by atoms with Crippen molar-refractivity contribution in [2.24, 2.45) is 0 Å². The van der Waals surface area contributed by atoms with Crippen molar-refractivity contribution in [3.05, 3.63) is 11.6 Å². The summed E-state index contributed by atoms with van der Waals surface area (Å²) >= 11 is 0. The minimum absolute atomic E-state index is 0.0202. The molecule has 0 unspecified atom stereocenters. The lowest BCUT2D eigenvalue weighted by Crippen LogP contribution is -2.40. The van der Waals surface area contributed by atoms with Gasteiger partial charge in [0.15, 0.2) is 0 Å². The van der Waals surface area contributed by atoms with E-state index in [-0.39, 0.29) is 5.82 Å². The van der Waals surface area contributed by atoms with Crippen LogP contribution in [0.25, 0.3) is 0 Å². The molecule has 7 nitrogen and oxygen atoms in total. The summed E-state index contributed by atoms with van der Waals surface area (Å²) in [6, 6.07) is -0.907. The standard InChI is InChI=1S/C10H16N4O3/c1-3-5-7-12-8(14-13-7)9(15)11-6(4-2)10(16)17/h6H,3-5H2,1-2H3,(H,11,15)(H,16,17)(H,12,13,14)/t6-/m1/s1. The van der Waals surface area contributed by atoms with Gasteiger partial charge in [-0.25, -0.2) is 9.78 Å². The molecular weight excluding hydrogens is 224 g/mol. The molecule has 1 amide bonds. The molecule has 0 aromatic carbocycles. The van der Waals surface area contributed by atoms with E-state index in [4.69, 9.17) is 5.11 Å². The van der Waals surface area contributed by atoms with Crippen molar-refractivity contribution >= 4 is 11.9 Å². The molecule has 0 aliphatic rings. The number of H-pyrrole nitrogens is 1. The summed E-state index contributed by atoms with van der Waals surface area (Å²) in [5.41, 5.74) is 0. The molecule has 7 heteroatoms. The van der Waals surface area contributed by atoms with Crippen LogP contribution in [-0.2, 0) is 11.2 Å². The van der Waals surface area contributed by atoms with E-state index in [1.54, 1.807) is 6.92 Å². The van der Waals surface area contributed by atoms with Gasteiger partial charge in [0.05, 0.1) is 0 Å². The fourth-order valence-electron chi connectivity index (χ4n) is 1.31. The normalized spacial score (nSPS) is 12.1. The number of carboxylic acids is 1. The van der Waals surface area contributed by atoms with Crippen LogP contribution in [0.4, 0.5) is 0 Å². The molecule has 1 rings (SSSR count). The maximum absolute atomic E-state index is 11.6. The average molecular weight is 240 g/mol. The van der Waals surface area contributed by atoms with Crippen molar-refractivity contribution in [1.82, 2.24) is 20.5 Å². The van der Waals surface area contributed by atoms with Crippen LogP contribution >= 0.6 is 0 Å². The van der Waals surface area contributed by atoms with Crippen LogP contribution in [0.1, 0.15) is 43.1 Å². The largest absolute Gasteiger partial charge is 0.480 e. The molecule has 0 saturated heterocycles. The molecule has 0 aliphatic carbocycles. The first-order valence-electron chi connectivity index (χ1n) is 5.53. The molecule has 0 aliphatic heterocycles. The summed E-state index contributed by atoms with van der Waals surface area (Å²) < 4.78 is 0. The molecular formula is C10H16N4O3. The number of nitrogens with zero attached hydrogens (tertiary/aromatic N) is 2. The number of aryl methyl sites for hydroxylation is 1. The van der Waals surface area contributed by atoms with Crippen LogP contribution in [0.5, 0.6) is 0 Å². The van der Waals surface area contributed by atoms with E-state index in [9.17, 15) is 9.59 Å². The second kappa shape index (κ2) is 5.97. The number of amides is 1. The summed E-state index contributed by atoms with van der Waals surface area (Å²) in [5, 5.41) is 17.5. The number of aromatic nitrogens is 3. The van der Waals surface area contributed by atoms with Gasteiger partial charge >= 0.3 is 5.97 Å². The van der Waals surface area contributed by atoms with Crippen LogP contribution in [0.15, 0.2) is 0 Å². The van der Waals surface area contributed by atoms with Gasteiger partial charge in [0.2, 0.25) is 5.82 Å². The Balaban J connectivity index is 2.65. The van der Waals surface area contributed by atoms with Gasteiger partial charge in [0, 0.05) is 6.42 Å². The van der Waals surface area contributed by atoms with Crippen LogP contribution in [0.2, 0.25) is 0 Å². The predicted octanol–water partition coefficient (Wildman–Crippen LogP) is 0.350. The van der Waals surface area contributed by atoms with E-state index in [1.165, 1.54) is 0 Å². The van der Waals surface area contributed by atoms with Crippen LogP contribution < -0.4 is 5.32 Å². The zero-order valence-corrected chi connectivity index (χ0v) is 9.86. The van der Waals surface area contributed by atoms with E-state index >= 15 is 0 Å². The topological polar surface area (TPSA) is 108 Å². The van der Waals surface area contributed by atoms with E-state index in [0.29, 0.717) is 18.7 Å². The average Bonchev–Trinajstić information content (AvgIpc) is 2.74. The number of hydrogen-bond donors (Lipinski definition) is 3. The Labute approximate surface area is 98.6 Å². The van der Waals surface area contributed by atoms with Crippen molar-refractivity contribution in [3.63, 3.8) is 0 Å². The molecule has 1 aromatic rings.